The molecular formula is C17H25N2+. The molecule has 0 aromatic heterocycles. The molecule has 4 saturated heterocycles. The molecule has 4 aliphatic heterocycles. The van der Waals surface area contributed by atoms with E-state index in [4.69, 9.17) is 0 Å². The van der Waals surface area contributed by atoms with Gasteiger partial charge in [0, 0.05) is 29.5 Å². The number of rotatable bonds is 1. The fourth-order valence-electron chi connectivity index (χ4n) is 6.13. The molecule has 102 valence electrons. The molecular weight excluding hydrogens is 232 g/mol. The second-order valence-electron chi connectivity index (χ2n) is 8.28. The minimum Gasteiger partial charge on any atom is -0.306 e. The largest absolute Gasteiger partial charge is 0.306 e. The van der Waals surface area contributed by atoms with Crippen molar-refractivity contribution in [3.8, 4) is 0 Å². The summed E-state index contributed by atoms with van der Waals surface area (Å²) in [5.74, 6) is 0. The van der Waals surface area contributed by atoms with Gasteiger partial charge in [0.25, 0.3) is 0 Å². The summed E-state index contributed by atoms with van der Waals surface area (Å²) in [7, 11) is 2.48. The lowest BCUT2D eigenvalue weighted by atomic mass is 9.62. The molecule has 4 fully saturated rings. The maximum absolute atomic E-state index is 2.77. The SMILES string of the molecule is CC12CN3CC(C)(C1)C[N+](C)(C2)C3c1ccccc1. The predicted octanol–water partition coefficient (Wildman–Crippen LogP) is 2.88. The molecule has 4 heterocycles. The lowest BCUT2D eigenvalue weighted by Gasteiger charge is -2.68. The van der Waals surface area contributed by atoms with Gasteiger partial charge in [0.2, 0.25) is 0 Å². The Morgan fingerprint density at radius 3 is 2.16 bits per heavy atom. The van der Waals surface area contributed by atoms with E-state index in [1.54, 1.807) is 0 Å². The molecule has 5 rings (SSSR count). The third kappa shape index (κ3) is 1.63. The molecule has 2 nitrogen and oxygen atoms in total. The van der Waals surface area contributed by atoms with Gasteiger partial charge in [-0.05, 0) is 6.42 Å². The van der Waals surface area contributed by atoms with Gasteiger partial charge >= 0.3 is 0 Å². The van der Waals surface area contributed by atoms with E-state index in [9.17, 15) is 0 Å². The van der Waals surface area contributed by atoms with Crippen LogP contribution in [0.5, 0.6) is 0 Å². The Morgan fingerprint density at radius 2 is 1.63 bits per heavy atom. The van der Waals surface area contributed by atoms with Crippen molar-refractivity contribution in [1.82, 2.24) is 4.90 Å². The molecule has 4 bridgehead atoms. The summed E-state index contributed by atoms with van der Waals surface area (Å²) in [5, 5.41) is 0. The minimum absolute atomic E-state index is 0.533. The van der Waals surface area contributed by atoms with E-state index in [-0.39, 0.29) is 0 Å². The average Bonchev–Trinajstić information content (AvgIpc) is 2.24. The molecule has 0 radical (unpaired) electrons. The Bertz CT molecular complexity index is 491. The van der Waals surface area contributed by atoms with Gasteiger partial charge in [0.05, 0.1) is 20.1 Å². The van der Waals surface area contributed by atoms with Crippen molar-refractivity contribution < 1.29 is 4.48 Å². The van der Waals surface area contributed by atoms with Gasteiger partial charge in [-0.1, -0.05) is 44.2 Å². The Balaban J connectivity index is 1.80. The van der Waals surface area contributed by atoms with E-state index in [0.717, 1.165) is 0 Å². The Morgan fingerprint density at radius 1 is 1.05 bits per heavy atom. The van der Waals surface area contributed by atoms with Crippen molar-refractivity contribution in [3.63, 3.8) is 0 Å². The average molecular weight is 257 g/mol. The van der Waals surface area contributed by atoms with Crippen LogP contribution in [-0.2, 0) is 0 Å². The third-order valence-electron chi connectivity index (χ3n) is 5.54. The van der Waals surface area contributed by atoms with Crippen LogP contribution in [-0.4, -0.2) is 42.6 Å². The van der Waals surface area contributed by atoms with E-state index < -0.39 is 0 Å². The molecule has 1 aromatic carbocycles. The second-order valence-corrected chi connectivity index (χ2v) is 8.28. The van der Waals surface area contributed by atoms with E-state index in [0.29, 0.717) is 17.0 Å². The van der Waals surface area contributed by atoms with E-state index in [1.807, 2.05) is 0 Å². The van der Waals surface area contributed by atoms with Crippen LogP contribution in [0.3, 0.4) is 0 Å². The fourth-order valence-corrected chi connectivity index (χ4v) is 6.13. The number of quaternary nitrogens is 1. The van der Waals surface area contributed by atoms with Crippen LogP contribution < -0.4 is 0 Å². The number of hydrogen-bond acceptors (Lipinski definition) is 1. The number of hydrogen-bond donors (Lipinski definition) is 0. The summed E-state index contributed by atoms with van der Waals surface area (Å²) >= 11 is 0. The van der Waals surface area contributed by atoms with Crippen LogP contribution in [0.4, 0.5) is 0 Å². The maximum Gasteiger partial charge on any atom is 0.171 e. The summed E-state index contributed by atoms with van der Waals surface area (Å²) in [4.78, 5) is 2.77. The summed E-state index contributed by atoms with van der Waals surface area (Å²) in [5.41, 5.74) is 2.58. The molecule has 2 heteroatoms. The van der Waals surface area contributed by atoms with Crippen LogP contribution in [0, 0.1) is 10.8 Å². The number of nitrogens with zero attached hydrogens (tertiary/aromatic N) is 2. The van der Waals surface area contributed by atoms with Gasteiger partial charge in [-0.15, -0.1) is 0 Å². The molecule has 1 aromatic rings. The van der Waals surface area contributed by atoms with Crippen molar-refractivity contribution in [2.75, 3.05) is 33.2 Å². The number of piperidine rings is 2. The highest BCUT2D eigenvalue weighted by Crippen LogP contribution is 2.57. The van der Waals surface area contributed by atoms with Crippen LogP contribution >= 0.6 is 0 Å². The van der Waals surface area contributed by atoms with Crippen LogP contribution in [0.2, 0.25) is 0 Å². The Labute approximate surface area is 116 Å². The predicted molar refractivity (Wildman–Crippen MR) is 77.5 cm³/mol. The van der Waals surface area contributed by atoms with Gasteiger partial charge in [0.15, 0.2) is 6.17 Å². The molecule has 3 unspecified atom stereocenters. The van der Waals surface area contributed by atoms with Gasteiger partial charge in [-0.2, -0.15) is 0 Å². The highest BCUT2D eigenvalue weighted by Gasteiger charge is 2.63. The first-order chi connectivity index (χ1) is 8.92. The normalized spacial score (nSPS) is 51.5. The lowest BCUT2D eigenvalue weighted by molar-refractivity contribution is -0.984. The number of benzene rings is 1. The fraction of sp³-hybridized carbons (Fsp3) is 0.647. The smallest absolute Gasteiger partial charge is 0.171 e. The topological polar surface area (TPSA) is 3.24 Å². The quantitative estimate of drug-likeness (QED) is 0.699. The van der Waals surface area contributed by atoms with E-state index in [2.05, 4.69) is 56.1 Å². The Kier molecular flexibility index (Phi) is 2.15. The summed E-state index contributed by atoms with van der Waals surface area (Å²) in [6.07, 6.45) is 2.01. The van der Waals surface area contributed by atoms with Crippen molar-refractivity contribution in [2.45, 2.75) is 26.4 Å². The highest BCUT2D eigenvalue weighted by atomic mass is 15.5. The monoisotopic (exact) mass is 257 g/mol. The summed E-state index contributed by atoms with van der Waals surface area (Å²) in [6, 6.07) is 11.2. The first kappa shape index (κ1) is 11.9. The molecule has 0 aliphatic carbocycles. The molecule has 0 N–H and O–H groups in total. The van der Waals surface area contributed by atoms with Gasteiger partial charge < -0.3 is 4.48 Å². The van der Waals surface area contributed by atoms with Gasteiger partial charge in [-0.25, -0.2) is 4.90 Å². The zero-order valence-corrected chi connectivity index (χ0v) is 12.4. The van der Waals surface area contributed by atoms with Crippen LogP contribution in [0.1, 0.15) is 32.0 Å². The van der Waals surface area contributed by atoms with Gasteiger partial charge in [-0.3, -0.25) is 0 Å². The third-order valence-corrected chi connectivity index (χ3v) is 5.54. The molecule has 4 aliphatic rings. The first-order valence-electron chi connectivity index (χ1n) is 7.55. The summed E-state index contributed by atoms with van der Waals surface area (Å²) in [6.45, 7) is 10.3. The minimum atomic E-state index is 0.533. The highest BCUT2D eigenvalue weighted by molar-refractivity contribution is 5.20. The lowest BCUT2D eigenvalue weighted by Crippen LogP contribution is -2.77. The zero-order valence-electron chi connectivity index (χ0n) is 12.4. The van der Waals surface area contributed by atoms with Crippen molar-refractivity contribution in [3.05, 3.63) is 35.9 Å². The summed E-state index contributed by atoms with van der Waals surface area (Å²) < 4.78 is 1.22. The van der Waals surface area contributed by atoms with Crippen LogP contribution in [0.25, 0.3) is 0 Å². The molecule has 0 saturated carbocycles. The van der Waals surface area contributed by atoms with Crippen LogP contribution in [0.15, 0.2) is 30.3 Å². The van der Waals surface area contributed by atoms with Gasteiger partial charge in [0.1, 0.15) is 0 Å². The first-order valence-corrected chi connectivity index (χ1v) is 7.55. The van der Waals surface area contributed by atoms with E-state index >= 15 is 0 Å². The Hall–Kier alpha value is -0.860. The molecule has 19 heavy (non-hydrogen) atoms. The van der Waals surface area contributed by atoms with Crippen molar-refractivity contribution in [1.29, 1.82) is 0 Å². The molecule has 3 atom stereocenters. The molecule has 0 amide bonds. The maximum atomic E-state index is 2.77. The van der Waals surface area contributed by atoms with E-state index in [1.165, 1.54) is 42.6 Å². The second kappa shape index (κ2) is 3.42. The zero-order chi connectivity index (χ0) is 13.3. The van der Waals surface area contributed by atoms with Crippen molar-refractivity contribution >= 4 is 0 Å². The molecule has 0 spiro atoms. The standard InChI is InChI=1S/C17H25N2/c1-16-9-17(2)11-18(10-16)15(19(3,12-16)13-17)14-7-5-4-6-8-14/h4-8,15H,9-13H2,1-3H3/q+1. The van der Waals surface area contributed by atoms with Crippen molar-refractivity contribution in [2.24, 2.45) is 10.8 Å².